The number of piperidine rings is 1. The summed E-state index contributed by atoms with van der Waals surface area (Å²) in [5.41, 5.74) is 1.78. The van der Waals surface area contributed by atoms with Crippen LogP contribution in [0, 0.1) is 5.82 Å². The molecule has 0 saturated carbocycles. The number of likely N-dealkylation sites (tertiary alicyclic amines) is 1. The Balaban J connectivity index is 1.41. The van der Waals surface area contributed by atoms with Crippen LogP contribution in [0.4, 0.5) is 9.18 Å². The topological polar surface area (TPSA) is 53.6 Å². The molecule has 1 fully saturated rings. The number of benzene rings is 2. The van der Waals surface area contributed by atoms with Gasteiger partial charge in [0.2, 0.25) is 0 Å². The Kier molecular flexibility index (Phi) is 7.75. The summed E-state index contributed by atoms with van der Waals surface area (Å²) in [5.74, 6) is -0.0869. The number of methoxy groups -OCH3 is 1. The van der Waals surface area contributed by atoms with Gasteiger partial charge in [-0.15, -0.1) is 0 Å². The maximum atomic E-state index is 13.8. The van der Waals surface area contributed by atoms with Gasteiger partial charge >= 0.3 is 6.03 Å². The van der Waals surface area contributed by atoms with E-state index < -0.39 is 0 Å². The van der Waals surface area contributed by atoms with Gasteiger partial charge in [0.25, 0.3) is 0 Å². The fourth-order valence-electron chi connectivity index (χ4n) is 3.38. The van der Waals surface area contributed by atoms with Crippen LogP contribution in [0.15, 0.2) is 40.9 Å². The van der Waals surface area contributed by atoms with Gasteiger partial charge in [-0.05, 0) is 48.2 Å². The maximum Gasteiger partial charge on any atom is 0.315 e. The molecule has 2 amide bonds. The molecule has 3 rings (SSSR count). The Labute approximate surface area is 183 Å². The first-order valence-corrected chi connectivity index (χ1v) is 10.6. The average molecular weight is 485 g/mol. The second-order valence-electron chi connectivity index (χ2n) is 7.08. The van der Waals surface area contributed by atoms with E-state index in [4.69, 9.17) is 16.3 Å². The van der Waals surface area contributed by atoms with Gasteiger partial charge in [0.1, 0.15) is 0 Å². The molecule has 2 N–H and O–H groups in total. The third kappa shape index (κ3) is 6.32. The van der Waals surface area contributed by atoms with E-state index in [0.717, 1.165) is 41.5 Å². The predicted molar refractivity (Wildman–Crippen MR) is 116 cm³/mol. The van der Waals surface area contributed by atoms with E-state index >= 15 is 0 Å². The Hall–Kier alpha value is -1.83. The molecule has 29 heavy (non-hydrogen) atoms. The normalized spacial score (nSPS) is 15.2. The van der Waals surface area contributed by atoms with Crippen molar-refractivity contribution >= 4 is 33.6 Å². The van der Waals surface area contributed by atoms with Crippen molar-refractivity contribution < 1.29 is 13.9 Å². The maximum absolute atomic E-state index is 13.8. The summed E-state index contributed by atoms with van der Waals surface area (Å²) < 4.78 is 19.7. The number of halogens is 3. The summed E-state index contributed by atoms with van der Waals surface area (Å²) in [6.45, 7) is 2.75. The largest absolute Gasteiger partial charge is 0.494 e. The number of rotatable bonds is 6. The minimum absolute atomic E-state index is 0.124. The number of amides is 2. The smallest absolute Gasteiger partial charge is 0.315 e. The fourth-order valence-corrected chi connectivity index (χ4v) is 4.12. The predicted octanol–water partition coefficient (Wildman–Crippen LogP) is 4.71. The first kappa shape index (κ1) is 21.9. The van der Waals surface area contributed by atoms with Gasteiger partial charge in [-0.1, -0.05) is 39.7 Å². The summed E-state index contributed by atoms with van der Waals surface area (Å²) in [6, 6.07) is 10.6. The third-order valence-electron chi connectivity index (χ3n) is 5.00. The van der Waals surface area contributed by atoms with Crippen molar-refractivity contribution in [3.05, 3.63) is 62.8 Å². The quantitative estimate of drug-likeness (QED) is 0.624. The van der Waals surface area contributed by atoms with Crippen LogP contribution in [0.2, 0.25) is 5.02 Å². The van der Waals surface area contributed by atoms with Crippen LogP contribution in [0.5, 0.6) is 5.75 Å². The van der Waals surface area contributed by atoms with Gasteiger partial charge in [0, 0.05) is 41.7 Å². The molecule has 5 nitrogen and oxygen atoms in total. The Morgan fingerprint density at radius 3 is 2.69 bits per heavy atom. The monoisotopic (exact) mass is 483 g/mol. The Morgan fingerprint density at radius 1 is 1.28 bits per heavy atom. The van der Waals surface area contributed by atoms with Crippen LogP contribution in [0.3, 0.4) is 0 Å². The molecule has 1 saturated heterocycles. The van der Waals surface area contributed by atoms with Crippen LogP contribution >= 0.6 is 27.5 Å². The zero-order valence-electron chi connectivity index (χ0n) is 16.2. The van der Waals surface area contributed by atoms with Gasteiger partial charge in [-0.3, -0.25) is 4.90 Å². The van der Waals surface area contributed by atoms with Crippen LogP contribution < -0.4 is 15.4 Å². The summed E-state index contributed by atoms with van der Waals surface area (Å²) >= 11 is 9.54. The molecule has 2 aromatic carbocycles. The number of hydrogen-bond donors (Lipinski definition) is 2. The molecule has 2 aromatic rings. The van der Waals surface area contributed by atoms with Crippen LogP contribution in [0.25, 0.3) is 0 Å². The lowest BCUT2D eigenvalue weighted by Crippen LogP contribution is -2.47. The minimum atomic E-state index is -0.343. The van der Waals surface area contributed by atoms with Gasteiger partial charge in [-0.25, -0.2) is 9.18 Å². The molecule has 0 atom stereocenters. The number of nitrogens with zero attached hydrogens (tertiary/aromatic N) is 1. The van der Waals surface area contributed by atoms with E-state index in [-0.39, 0.29) is 23.6 Å². The Morgan fingerprint density at radius 2 is 2.03 bits per heavy atom. The number of hydrogen-bond acceptors (Lipinski definition) is 3. The zero-order valence-corrected chi connectivity index (χ0v) is 18.5. The van der Waals surface area contributed by atoms with Crippen molar-refractivity contribution in [3.8, 4) is 5.75 Å². The highest BCUT2D eigenvalue weighted by Crippen LogP contribution is 2.22. The molecule has 0 spiro atoms. The van der Waals surface area contributed by atoms with Crippen LogP contribution in [-0.2, 0) is 13.1 Å². The molecule has 156 valence electrons. The minimum Gasteiger partial charge on any atom is -0.494 e. The highest BCUT2D eigenvalue weighted by molar-refractivity contribution is 9.10. The van der Waals surface area contributed by atoms with E-state index in [9.17, 15) is 9.18 Å². The Bertz CT molecular complexity index is 860. The average Bonchev–Trinajstić information content (AvgIpc) is 2.69. The molecule has 0 aromatic heterocycles. The highest BCUT2D eigenvalue weighted by Gasteiger charge is 2.21. The summed E-state index contributed by atoms with van der Waals surface area (Å²) in [4.78, 5) is 14.5. The van der Waals surface area contributed by atoms with Gasteiger partial charge in [0.05, 0.1) is 7.11 Å². The number of carbonyl (C=O) groups excluding carboxylic acids is 1. The summed E-state index contributed by atoms with van der Waals surface area (Å²) in [7, 11) is 1.46. The van der Waals surface area contributed by atoms with E-state index in [1.807, 2.05) is 18.2 Å². The molecular formula is C21H24BrClFN3O2. The molecular weight excluding hydrogens is 461 g/mol. The zero-order chi connectivity index (χ0) is 20.8. The summed E-state index contributed by atoms with van der Waals surface area (Å²) in [5, 5.41) is 6.49. The second kappa shape index (κ2) is 10.3. The first-order valence-electron chi connectivity index (χ1n) is 9.47. The lowest BCUT2D eigenvalue weighted by molar-refractivity contribution is 0.186. The highest BCUT2D eigenvalue weighted by atomic mass is 79.9. The SMILES string of the molecule is COc1ccc(CN2CCC(NC(=O)NCc3ccc(Br)cc3Cl)CC2)cc1F. The molecule has 8 heteroatoms. The number of urea groups is 1. The van der Waals surface area contributed by atoms with Crippen molar-refractivity contribution in [3.63, 3.8) is 0 Å². The molecule has 0 aliphatic carbocycles. The van der Waals surface area contributed by atoms with Crippen LogP contribution in [-0.4, -0.2) is 37.2 Å². The standard InChI is InChI=1S/C21H24BrClFN3O2/c1-29-20-5-2-14(10-19(20)24)13-27-8-6-17(7-9-27)26-21(28)25-12-15-3-4-16(22)11-18(15)23/h2-5,10-11,17H,6-9,12-13H2,1H3,(H2,25,26,28). The molecule has 1 aliphatic rings. The van der Waals surface area contributed by atoms with Crippen molar-refractivity contribution in [2.24, 2.45) is 0 Å². The molecule has 0 radical (unpaired) electrons. The van der Waals surface area contributed by atoms with Gasteiger partial charge in [0.15, 0.2) is 11.6 Å². The van der Waals surface area contributed by atoms with E-state index in [2.05, 4.69) is 31.5 Å². The number of nitrogens with one attached hydrogen (secondary N) is 2. The van der Waals surface area contributed by atoms with Gasteiger partial charge in [-0.2, -0.15) is 0 Å². The molecule has 0 unspecified atom stereocenters. The van der Waals surface area contributed by atoms with Crippen LogP contribution in [0.1, 0.15) is 24.0 Å². The third-order valence-corrected chi connectivity index (χ3v) is 5.84. The fraction of sp³-hybridized carbons (Fsp3) is 0.381. The second-order valence-corrected chi connectivity index (χ2v) is 8.40. The van der Waals surface area contributed by atoms with E-state index in [0.29, 0.717) is 18.1 Å². The van der Waals surface area contributed by atoms with Crippen molar-refractivity contribution in [2.45, 2.75) is 32.0 Å². The van der Waals surface area contributed by atoms with E-state index in [1.165, 1.54) is 13.2 Å². The van der Waals surface area contributed by atoms with Crippen molar-refractivity contribution in [1.29, 1.82) is 0 Å². The van der Waals surface area contributed by atoms with Crippen molar-refractivity contribution in [2.75, 3.05) is 20.2 Å². The summed E-state index contributed by atoms with van der Waals surface area (Å²) in [6.07, 6.45) is 1.70. The van der Waals surface area contributed by atoms with Crippen molar-refractivity contribution in [1.82, 2.24) is 15.5 Å². The van der Waals surface area contributed by atoms with Gasteiger partial charge < -0.3 is 15.4 Å². The lowest BCUT2D eigenvalue weighted by atomic mass is 10.0. The lowest BCUT2D eigenvalue weighted by Gasteiger charge is -2.32. The first-order chi connectivity index (χ1) is 13.9. The molecule has 1 heterocycles. The van der Waals surface area contributed by atoms with E-state index in [1.54, 1.807) is 12.1 Å². The number of ether oxygens (including phenoxy) is 1. The molecule has 0 bridgehead atoms. The molecule has 1 aliphatic heterocycles. The number of carbonyl (C=O) groups is 1.